The molecule has 3 saturated heterocycles. The van der Waals surface area contributed by atoms with Crippen molar-refractivity contribution < 1.29 is 23.9 Å². The van der Waals surface area contributed by atoms with Gasteiger partial charge in [-0.3, -0.25) is 34.8 Å². The average Bonchev–Trinajstić information content (AvgIpc) is 3.03. The number of anilines is 1. The van der Waals surface area contributed by atoms with Gasteiger partial charge in [0.1, 0.15) is 0 Å². The predicted octanol–water partition coefficient (Wildman–Crippen LogP) is 2.41. The lowest BCUT2D eigenvalue weighted by molar-refractivity contribution is -0.136. The Kier molecular flexibility index (Phi) is 14.7. The van der Waals surface area contributed by atoms with Crippen molar-refractivity contribution in [3.63, 3.8) is 0 Å². The Hall–Kier alpha value is -3.93. The quantitative estimate of drug-likeness (QED) is 0.263. The molecule has 1 aromatic carbocycles. The number of morpholine rings is 1. The molecule has 5 rings (SSSR count). The SMILES string of the molecule is CC=C(C)C.O=C1CCC(NCCc2ccccn2)C(=O)N1.O=C1CCC(NCc2ccc(N3CCOCC3)cc2)C(=O)N1. The maximum Gasteiger partial charge on any atom is 0.243 e. The summed E-state index contributed by atoms with van der Waals surface area (Å²) in [6.07, 6.45) is 6.57. The zero-order valence-electron chi connectivity index (χ0n) is 26.1. The van der Waals surface area contributed by atoms with Crippen molar-refractivity contribution in [3.05, 3.63) is 71.6 Å². The lowest BCUT2D eigenvalue weighted by atomic mass is 10.1. The summed E-state index contributed by atoms with van der Waals surface area (Å²) < 4.78 is 5.35. The van der Waals surface area contributed by atoms with Gasteiger partial charge in [-0.1, -0.05) is 29.8 Å². The molecule has 11 nitrogen and oxygen atoms in total. The van der Waals surface area contributed by atoms with E-state index in [-0.39, 0.29) is 35.7 Å². The second kappa shape index (κ2) is 18.7. The first-order valence-electron chi connectivity index (χ1n) is 15.3. The third kappa shape index (κ3) is 12.4. The van der Waals surface area contributed by atoms with E-state index in [2.05, 4.69) is 75.3 Å². The summed E-state index contributed by atoms with van der Waals surface area (Å²) in [5.74, 6) is -0.806. The van der Waals surface area contributed by atoms with Crippen molar-refractivity contribution in [1.82, 2.24) is 26.3 Å². The van der Waals surface area contributed by atoms with Gasteiger partial charge in [0.15, 0.2) is 0 Å². The van der Waals surface area contributed by atoms with Crippen LogP contribution in [-0.4, -0.2) is 73.5 Å². The third-order valence-corrected chi connectivity index (χ3v) is 7.42. The number of aromatic nitrogens is 1. The summed E-state index contributed by atoms with van der Waals surface area (Å²) in [5.41, 5.74) is 4.70. The van der Waals surface area contributed by atoms with Crippen LogP contribution in [0.25, 0.3) is 0 Å². The van der Waals surface area contributed by atoms with Crippen LogP contribution in [-0.2, 0) is 36.9 Å². The fourth-order valence-corrected chi connectivity index (χ4v) is 4.58. The Morgan fingerprint density at radius 3 is 2.02 bits per heavy atom. The van der Waals surface area contributed by atoms with Crippen molar-refractivity contribution in [3.8, 4) is 0 Å². The fourth-order valence-electron chi connectivity index (χ4n) is 4.58. The van der Waals surface area contributed by atoms with Crippen LogP contribution >= 0.6 is 0 Å². The molecular formula is C33H46N6O5. The molecule has 0 bridgehead atoms. The first kappa shape index (κ1) is 34.6. The predicted molar refractivity (Wildman–Crippen MR) is 170 cm³/mol. The van der Waals surface area contributed by atoms with Gasteiger partial charge in [-0.15, -0.1) is 0 Å². The van der Waals surface area contributed by atoms with Crippen LogP contribution in [0.1, 0.15) is 57.7 Å². The molecule has 0 saturated carbocycles. The molecule has 0 aliphatic carbocycles. The molecule has 2 atom stereocenters. The van der Waals surface area contributed by atoms with Gasteiger partial charge in [0.05, 0.1) is 25.3 Å². The van der Waals surface area contributed by atoms with Gasteiger partial charge in [-0.2, -0.15) is 0 Å². The number of rotatable bonds is 8. The summed E-state index contributed by atoms with van der Waals surface area (Å²) in [5, 5.41) is 11.0. The van der Waals surface area contributed by atoms with Crippen molar-refractivity contribution >= 4 is 29.3 Å². The number of imide groups is 2. The van der Waals surface area contributed by atoms with Crippen molar-refractivity contribution in [2.75, 3.05) is 37.7 Å². The summed E-state index contributed by atoms with van der Waals surface area (Å²) in [7, 11) is 0. The molecule has 4 N–H and O–H groups in total. The molecule has 2 unspecified atom stereocenters. The van der Waals surface area contributed by atoms with E-state index in [1.807, 2.05) is 25.1 Å². The normalized spacial score (nSPS) is 19.8. The van der Waals surface area contributed by atoms with Gasteiger partial charge >= 0.3 is 0 Å². The molecule has 11 heteroatoms. The monoisotopic (exact) mass is 606 g/mol. The van der Waals surface area contributed by atoms with E-state index in [9.17, 15) is 19.2 Å². The van der Waals surface area contributed by atoms with E-state index in [0.717, 1.165) is 44.0 Å². The van der Waals surface area contributed by atoms with Gasteiger partial charge in [0.2, 0.25) is 23.6 Å². The number of hydrogen-bond acceptors (Lipinski definition) is 9. The van der Waals surface area contributed by atoms with E-state index >= 15 is 0 Å². The Bertz CT molecular complexity index is 1240. The lowest BCUT2D eigenvalue weighted by Crippen LogP contribution is -2.51. The third-order valence-electron chi connectivity index (χ3n) is 7.42. The molecule has 4 heterocycles. The summed E-state index contributed by atoms with van der Waals surface area (Å²) >= 11 is 0. The maximum absolute atomic E-state index is 11.7. The molecule has 3 aliphatic heterocycles. The van der Waals surface area contributed by atoms with E-state index in [0.29, 0.717) is 38.8 Å². The number of pyridine rings is 1. The van der Waals surface area contributed by atoms with Crippen molar-refractivity contribution in [1.29, 1.82) is 0 Å². The van der Waals surface area contributed by atoms with Crippen molar-refractivity contribution in [2.24, 2.45) is 0 Å². The highest BCUT2D eigenvalue weighted by molar-refractivity contribution is 6.00. The average molecular weight is 607 g/mol. The van der Waals surface area contributed by atoms with Crippen LogP contribution in [0, 0.1) is 0 Å². The van der Waals surface area contributed by atoms with Crippen LogP contribution < -0.4 is 26.2 Å². The summed E-state index contributed by atoms with van der Waals surface area (Å²) in [6, 6.07) is 13.6. The second-order valence-electron chi connectivity index (χ2n) is 11.0. The van der Waals surface area contributed by atoms with E-state index < -0.39 is 0 Å². The summed E-state index contributed by atoms with van der Waals surface area (Å²) in [6.45, 7) is 10.9. The second-order valence-corrected chi connectivity index (χ2v) is 11.0. The highest BCUT2D eigenvalue weighted by Crippen LogP contribution is 2.17. The Morgan fingerprint density at radius 2 is 1.50 bits per heavy atom. The van der Waals surface area contributed by atoms with E-state index in [4.69, 9.17) is 4.74 Å². The van der Waals surface area contributed by atoms with Gasteiger partial charge in [0, 0.05) is 63.0 Å². The molecule has 3 aliphatic rings. The minimum absolute atomic E-state index is 0.182. The van der Waals surface area contributed by atoms with Crippen LogP contribution in [0.5, 0.6) is 0 Å². The van der Waals surface area contributed by atoms with Crippen LogP contribution in [0.3, 0.4) is 0 Å². The van der Waals surface area contributed by atoms with Gasteiger partial charge in [0.25, 0.3) is 0 Å². The largest absolute Gasteiger partial charge is 0.378 e. The zero-order chi connectivity index (χ0) is 31.7. The van der Waals surface area contributed by atoms with Gasteiger partial charge in [-0.05, 0) is 63.4 Å². The zero-order valence-corrected chi connectivity index (χ0v) is 26.1. The molecule has 0 spiro atoms. The van der Waals surface area contributed by atoms with E-state index in [1.165, 1.54) is 11.3 Å². The van der Waals surface area contributed by atoms with Crippen molar-refractivity contribution in [2.45, 2.75) is 71.5 Å². The molecule has 44 heavy (non-hydrogen) atoms. The number of hydrogen-bond donors (Lipinski definition) is 4. The molecule has 3 fully saturated rings. The van der Waals surface area contributed by atoms with Gasteiger partial charge in [-0.25, -0.2) is 0 Å². The smallest absolute Gasteiger partial charge is 0.243 e. The topological polar surface area (TPSA) is 142 Å². The molecular weight excluding hydrogens is 560 g/mol. The number of nitrogens with one attached hydrogen (secondary N) is 4. The molecule has 2 aromatic rings. The first-order valence-corrected chi connectivity index (χ1v) is 15.3. The van der Waals surface area contributed by atoms with E-state index in [1.54, 1.807) is 6.20 Å². The summed E-state index contributed by atoms with van der Waals surface area (Å²) in [4.78, 5) is 51.7. The molecule has 0 radical (unpaired) electrons. The minimum Gasteiger partial charge on any atom is -0.378 e. The van der Waals surface area contributed by atoms with Crippen LogP contribution in [0.4, 0.5) is 5.69 Å². The maximum atomic E-state index is 11.7. The fraction of sp³-hybridized carbons (Fsp3) is 0.485. The first-order chi connectivity index (χ1) is 21.2. The number of carbonyl (C=O) groups excluding carboxylic acids is 4. The standard InChI is InChI=1S/C16H21N3O3.C12H15N3O2.C5H10/c20-15-6-5-14(16(21)18-15)17-11-12-1-3-13(4-2-12)19-7-9-22-10-8-19;16-11-5-4-10(12(17)15-11)14-8-6-9-3-1-2-7-13-9;1-4-5(2)3/h1-4,14,17H,5-11H2,(H,18,20,21);1-3,7,10,14H,4-6,8H2,(H,15,16,17);4H,1-3H3. The number of allylic oxidation sites excluding steroid dienone is 2. The number of carbonyl (C=O) groups is 4. The van der Waals surface area contributed by atoms with Gasteiger partial charge < -0.3 is 20.3 Å². The Labute approximate surface area is 260 Å². The number of benzene rings is 1. The van der Waals surface area contributed by atoms with Crippen LogP contribution in [0.2, 0.25) is 0 Å². The molecule has 238 valence electrons. The highest BCUT2D eigenvalue weighted by Gasteiger charge is 2.26. The number of piperidine rings is 2. The number of amides is 4. The number of nitrogens with zero attached hydrogens (tertiary/aromatic N) is 2. The number of ether oxygens (including phenoxy) is 1. The Morgan fingerprint density at radius 1 is 0.909 bits per heavy atom. The van der Waals surface area contributed by atoms with Crippen LogP contribution in [0.15, 0.2) is 60.3 Å². The Balaban J connectivity index is 0.000000214. The molecule has 1 aromatic heterocycles. The minimum atomic E-state index is -0.281. The lowest BCUT2D eigenvalue weighted by Gasteiger charge is -2.29. The highest BCUT2D eigenvalue weighted by atomic mass is 16.5. The molecule has 4 amide bonds.